The average Bonchev–Trinajstić information content (AvgIpc) is 2.26. The molecule has 0 spiro atoms. The molecular formula is C11H22N2O2. The minimum atomic E-state index is -0.443. The van der Waals surface area contributed by atoms with E-state index in [-0.39, 0.29) is 12.5 Å². The molecule has 0 aliphatic heterocycles. The van der Waals surface area contributed by atoms with E-state index in [0.29, 0.717) is 18.4 Å². The van der Waals surface area contributed by atoms with E-state index in [2.05, 4.69) is 5.32 Å². The number of carbonyl (C=O) groups excluding carboxylic acids is 1. The molecule has 0 aromatic carbocycles. The van der Waals surface area contributed by atoms with Gasteiger partial charge in [0.2, 0.25) is 5.91 Å². The molecule has 0 aromatic heterocycles. The first kappa shape index (κ1) is 12.5. The second kappa shape index (κ2) is 6.08. The van der Waals surface area contributed by atoms with E-state index in [1.165, 1.54) is 12.8 Å². The van der Waals surface area contributed by atoms with Gasteiger partial charge in [-0.15, -0.1) is 0 Å². The smallest absolute Gasteiger partial charge is 0.236 e. The molecule has 1 aliphatic carbocycles. The lowest BCUT2D eigenvalue weighted by Crippen LogP contribution is -2.42. The highest BCUT2D eigenvalue weighted by Crippen LogP contribution is 2.28. The summed E-state index contributed by atoms with van der Waals surface area (Å²) in [5, 5.41) is 12.0. The molecule has 1 saturated carbocycles. The van der Waals surface area contributed by atoms with Crippen LogP contribution in [-0.2, 0) is 4.79 Å². The zero-order valence-corrected chi connectivity index (χ0v) is 9.41. The maximum absolute atomic E-state index is 11.3. The zero-order chi connectivity index (χ0) is 11.3. The summed E-state index contributed by atoms with van der Waals surface area (Å²) < 4.78 is 0. The van der Waals surface area contributed by atoms with Crippen molar-refractivity contribution in [2.24, 2.45) is 17.6 Å². The number of hydrogen-bond acceptors (Lipinski definition) is 3. The van der Waals surface area contributed by atoms with Crippen LogP contribution in [0.5, 0.6) is 0 Å². The van der Waals surface area contributed by atoms with Crippen molar-refractivity contribution in [3.63, 3.8) is 0 Å². The van der Waals surface area contributed by atoms with Crippen molar-refractivity contribution in [1.29, 1.82) is 0 Å². The maximum Gasteiger partial charge on any atom is 0.236 e. The van der Waals surface area contributed by atoms with Crippen LogP contribution in [-0.4, -0.2) is 30.2 Å². The Labute approximate surface area is 91.2 Å². The summed E-state index contributed by atoms with van der Waals surface area (Å²) in [6, 6.07) is -0.443. The fourth-order valence-corrected chi connectivity index (χ4v) is 2.19. The number of carbonyl (C=O) groups is 1. The van der Waals surface area contributed by atoms with Crippen molar-refractivity contribution in [2.75, 3.05) is 13.2 Å². The molecule has 1 amide bonds. The largest absolute Gasteiger partial charge is 0.396 e. The molecule has 1 rings (SSSR count). The van der Waals surface area contributed by atoms with Gasteiger partial charge in [-0.3, -0.25) is 4.79 Å². The molecule has 4 N–H and O–H groups in total. The Hall–Kier alpha value is -0.610. The van der Waals surface area contributed by atoms with Crippen LogP contribution < -0.4 is 11.1 Å². The van der Waals surface area contributed by atoms with Gasteiger partial charge in [-0.2, -0.15) is 0 Å². The second-order valence-corrected chi connectivity index (χ2v) is 4.52. The van der Waals surface area contributed by atoms with Crippen LogP contribution in [0.4, 0.5) is 0 Å². The third kappa shape index (κ3) is 3.80. The first-order valence-corrected chi connectivity index (χ1v) is 5.79. The second-order valence-electron chi connectivity index (χ2n) is 4.52. The predicted molar refractivity (Wildman–Crippen MR) is 59.2 cm³/mol. The quantitative estimate of drug-likeness (QED) is 0.628. The fourth-order valence-electron chi connectivity index (χ4n) is 2.19. The van der Waals surface area contributed by atoms with Gasteiger partial charge in [0, 0.05) is 13.2 Å². The molecule has 0 heterocycles. The number of aliphatic hydroxyl groups excluding tert-OH is 1. The van der Waals surface area contributed by atoms with E-state index in [0.717, 1.165) is 12.8 Å². The van der Waals surface area contributed by atoms with Gasteiger partial charge in [-0.25, -0.2) is 0 Å². The average molecular weight is 214 g/mol. The molecule has 0 saturated heterocycles. The third-order valence-electron chi connectivity index (χ3n) is 3.25. The van der Waals surface area contributed by atoms with Crippen LogP contribution in [0.25, 0.3) is 0 Å². The van der Waals surface area contributed by atoms with Gasteiger partial charge in [0.15, 0.2) is 0 Å². The van der Waals surface area contributed by atoms with Gasteiger partial charge in [0.05, 0.1) is 6.04 Å². The van der Waals surface area contributed by atoms with E-state index in [1.807, 2.05) is 0 Å². The molecule has 2 unspecified atom stereocenters. The van der Waals surface area contributed by atoms with E-state index in [4.69, 9.17) is 5.73 Å². The minimum absolute atomic E-state index is 0.0998. The number of amides is 1. The molecule has 1 fully saturated rings. The van der Waals surface area contributed by atoms with Gasteiger partial charge in [-0.05, 0) is 31.6 Å². The molecule has 0 bridgehead atoms. The topological polar surface area (TPSA) is 75.4 Å². The lowest BCUT2D eigenvalue weighted by atomic mass is 9.79. The number of aliphatic hydroxyl groups is 1. The number of hydrogen-bond donors (Lipinski definition) is 3. The molecule has 15 heavy (non-hydrogen) atoms. The lowest BCUT2D eigenvalue weighted by Gasteiger charge is -2.30. The van der Waals surface area contributed by atoms with Gasteiger partial charge in [0.25, 0.3) is 0 Å². The van der Waals surface area contributed by atoms with E-state index >= 15 is 0 Å². The van der Waals surface area contributed by atoms with Gasteiger partial charge in [0.1, 0.15) is 0 Å². The summed E-state index contributed by atoms with van der Waals surface area (Å²) in [4.78, 5) is 11.3. The first-order valence-electron chi connectivity index (χ1n) is 5.79. The number of rotatable bonds is 4. The van der Waals surface area contributed by atoms with Crippen molar-refractivity contribution in [2.45, 2.75) is 38.6 Å². The summed E-state index contributed by atoms with van der Waals surface area (Å²) in [5.74, 6) is 0.677. The van der Waals surface area contributed by atoms with E-state index in [9.17, 15) is 9.90 Å². The molecule has 1 aliphatic rings. The van der Waals surface area contributed by atoms with Crippen molar-refractivity contribution >= 4 is 5.91 Å². The standard InChI is InChI=1S/C11H22N2O2/c1-8(12)11(15)13-6-9-4-2-3-5-10(9)7-14/h8-10,14H,2-7,12H2,1H3,(H,13,15)/t8-,9?,10?/m1/s1. The molecule has 4 heteroatoms. The first-order chi connectivity index (χ1) is 7.15. The highest BCUT2D eigenvalue weighted by molar-refractivity contribution is 5.80. The molecule has 0 radical (unpaired) electrons. The van der Waals surface area contributed by atoms with Gasteiger partial charge in [-0.1, -0.05) is 12.8 Å². The Balaban J connectivity index is 2.32. The molecule has 88 valence electrons. The van der Waals surface area contributed by atoms with Crippen molar-refractivity contribution in [3.05, 3.63) is 0 Å². The number of nitrogens with two attached hydrogens (primary N) is 1. The lowest BCUT2D eigenvalue weighted by molar-refractivity contribution is -0.122. The third-order valence-corrected chi connectivity index (χ3v) is 3.25. The summed E-state index contributed by atoms with van der Waals surface area (Å²) in [5.41, 5.74) is 5.46. The summed E-state index contributed by atoms with van der Waals surface area (Å²) >= 11 is 0. The highest BCUT2D eigenvalue weighted by Gasteiger charge is 2.24. The van der Waals surface area contributed by atoms with Crippen LogP contribution >= 0.6 is 0 Å². The zero-order valence-electron chi connectivity index (χ0n) is 9.41. The molecule has 0 aromatic rings. The van der Waals surface area contributed by atoms with Crippen molar-refractivity contribution < 1.29 is 9.90 Å². The Morgan fingerprint density at radius 1 is 1.47 bits per heavy atom. The van der Waals surface area contributed by atoms with Gasteiger partial charge >= 0.3 is 0 Å². The van der Waals surface area contributed by atoms with Crippen LogP contribution in [0.2, 0.25) is 0 Å². The normalized spacial score (nSPS) is 28.5. The van der Waals surface area contributed by atoms with Crippen molar-refractivity contribution in [1.82, 2.24) is 5.32 Å². The predicted octanol–water partition coefficient (Wildman–Crippen LogP) is 0.248. The Kier molecular flexibility index (Phi) is 5.05. The summed E-state index contributed by atoms with van der Waals surface area (Å²) in [6.07, 6.45) is 4.58. The Bertz CT molecular complexity index is 207. The highest BCUT2D eigenvalue weighted by atomic mass is 16.3. The Morgan fingerprint density at radius 3 is 2.60 bits per heavy atom. The fraction of sp³-hybridized carbons (Fsp3) is 0.909. The van der Waals surface area contributed by atoms with Gasteiger partial charge < -0.3 is 16.2 Å². The van der Waals surface area contributed by atoms with Crippen molar-refractivity contribution in [3.8, 4) is 0 Å². The number of nitrogens with one attached hydrogen (secondary N) is 1. The minimum Gasteiger partial charge on any atom is -0.396 e. The maximum atomic E-state index is 11.3. The molecule has 3 atom stereocenters. The van der Waals surface area contributed by atoms with E-state index < -0.39 is 6.04 Å². The van der Waals surface area contributed by atoms with Crippen LogP contribution in [0.3, 0.4) is 0 Å². The van der Waals surface area contributed by atoms with Crippen LogP contribution in [0.1, 0.15) is 32.6 Å². The monoisotopic (exact) mass is 214 g/mol. The SMILES string of the molecule is C[C@@H](N)C(=O)NCC1CCCCC1CO. The van der Waals surface area contributed by atoms with Crippen LogP contribution in [0, 0.1) is 11.8 Å². The summed E-state index contributed by atoms with van der Waals surface area (Å²) in [7, 11) is 0. The molecule has 4 nitrogen and oxygen atoms in total. The van der Waals surface area contributed by atoms with E-state index in [1.54, 1.807) is 6.92 Å². The summed E-state index contributed by atoms with van der Waals surface area (Å²) in [6.45, 7) is 2.57. The Morgan fingerprint density at radius 2 is 2.07 bits per heavy atom. The molecular weight excluding hydrogens is 192 g/mol. The van der Waals surface area contributed by atoms with Crippen LogP contribution in [0.15, 0.2) is 0 Å².